The van der Waals surface area contributed by atoms with Crippen LogP contribution in [0.1, 0.15) is 62.0 Å². The van der Waals surface area contributed by atoms with E-state index in [4.69, 9.17) is 27.9 Å². The molecule has 3 saturated carbocycles. The van der Waals surface area contributed by atoms with Gasteiger partial charge in [0.2, 0.25) is 0 Å². The number of aromatic nitrogens is 1. The van der Waals surface area contributed by atoms with E-state index in [1.165, 1.54) is 0 Å². The van der Waals surface area contributed by atoms with Crippen molar-refractivity contribution in [3.8, 4) is 5.75 Å². The number of amides is 1. The maximum Gasteiger partial charge on any atom is 0.258 e. The Bertz CT molecular complexity index is 1060. The van der Waals surface area contributed by atoms with Crippen LogP contribution >= 0.6 is 23.2 Å². The number of nitrogens with zero attached hydrogens (tertiary/aromatic N) is 1. The van der Waals surface area contributed by atoms with Crippen LogP contribution in [-0.4, -0.2) is 39.5 Å². The highest BCUT2D eigenvalue weighted by molar-refractivity contribution is 6.42. The minimum absolute atomic E-state index is 0.0303. The third kappa shape index (κ3) is 5.68. The molecule has 176 valence electrons. The maximum absolute atomic E-state index is 12.8. The third-order valence-corrected chi connectivity index (χ3v) is 7.22. The predicted molar refractivity (Wildman–Crippen MR) is 127 cm³/mol. The van der Waals surface area contributed by atoms with Crippen LogP contribution in [0.4, 0.5) is 0 Å². The number of carbonyl (C=O) groups is 2. The predicted octanol–water partition coefficient (Wildman–Crippen LogP) is 4.78. The van der Waals surface area contributed by atoms with E-state index in [-0.39, 0.29) is 29.3 Å². The summed E-state index contributed by atoms with van der Waals surface area (Å²) in [6, 6.07) is 8.58. The minimum atomic E-state index is -0.745. The molecule has 2 bridgehead atoms. The molecule has 0 aliphatic heterocycles. The van der Waals surface area contributed by atoms with Crippen molar-refractivity contribution in [2.75, 3.05) is 6.61 Å². The van der Waals surface area contributed by atoms with Gasteiger partial charge in [0.05, 0.1) is 15.6 Å². The number of Topliss-reactive ketones (excluding diaryl/α,β-unsaturated/α-hetero) is 1. The summed E-state index contributed by atoms with van der Waals surface area (Å²) < 4.78 is 5.50. The first-order chi connectivity index (χ1) is 15.5. The van der Waals surface area contributed by atoms with Crippen molar-refractivity contribution in [3.05, 3.63) is 57.8 Å². The van der Waals surface area contributed by atoms with E-state index in [0.29, 0.717) is 40.8 Å². The molecule has 0 saturated heterocycles. The molecule has 0 radical (unpaired) electrons. The molecule has 1 heterocycles. The molecule has 5 rings (SSSR count). The van der Waals surface area contributed by atoms with Gasteiger partial charge in [-0.3, -0.25) is 14.6 Å². The molecule has 1 amide bonds. The molecule has 1 aromatic heterocycles. The standard InChI is InChI=1S/C25H28Cl2N2O4/c1-23(2,32)7-5-16-6-8-28-20(9-16)21(30)11-24-13-25(14-24,15-24)29-22(31)12-33-17-3-4-18(26)19(27)10-17/h3-4,6,8-10,32H,5,7,11-15H2,1-2H3,(H,29,31). The number of pyridine rings is 1. The summed E-state index contributed by atoms with van der Waals surface area (Å²) >= 11 is 11.8. The van der Waals surface area contributed by atoms with E-state index in [2.05, 4.69) is 10.3 Å². The van der Waals surface area contributed by atoms with Gasteiger partial charge in [-0.1, -0.05) is 23.2 Å². The first kappa shape index (κ1) is 24.0. The molecule has 6 nitrogen and oxygen atoms in total. The van der Waals surface area contributed by atoms with Crippen LogP contribution in [-0.2, 0) is 11.2 Å². The molecule has 8 heteroatoms. The molecule has 2 N–H and O–H groups in total. The van der Waals surface area contributed by atoms with Gasteiger partial charge in [0, 0.05) is 24.2 Å². The zero-order valence-corrected chi connectivity index (χ0v) is 20.3. The van der Waals surface area contributed by atoms with Crippen LogP contribution in [0.2, 0.25) is 10.0 Å². The maximum atomic E-state index is 12.8. The summed E-state index contributed by atoms with van der Waals surface area (Å²) in [6.45, 7) is 3.45. The molecule has 3 fully saturated rings. The second-order valence-electron chi connectivity index (χ2n) is 10.2. The van der Waals surface area contributed by atoms with Crippen molar-refractivity contribution < 1.29 is 19.4 Å². The second-order valence-corrected chi connectivity index (χ2v) is 11.0. The average molecular weight is 491 g/mol. The number of aliphatic hydroxyl groups is 1. The van der Waals surface area contributed by atoms with E-state index in [1.54, 1.807) is 38.2 Å². The number of halogens is 2. The first-order valence-electron chi connectivity index (χ1n) is 11.1. The third-order valence-electron chi connectivity index (χ3n) is 6.48. The molecular formula is C25H28Cl2N2O4. The largest absolute Gasteiger partial charge is 0.484 e. The number of nitrogens with one attached hydrogen (secondary N) is 1. The van der Waals surface area contributed by atoms with Crippen LogP contribution in [0.15, 0.2) is 36.5 Å². The van der Waals surface area contributed by atoms with E-state index < -0.39 is 5.60 Å². The van der Waals surface area contributed by atoms with Crippen LogP contribution in [0.25, 0.3) is 0 Å². The summed E-state index contributed by atoms with van der Waals surface area (Å²) in [5.74, 6) is 0.320. The Morgan fingerprint density at radius 2 is 1.88 bits per heavy atom. The monoisotopic (exact) mass is 490 g/mol. The Hall–Kier alpha value is -2.15. The van der Waals surface area contributed by atoms with Gasteiger partial charge < -0.3 is 15.2 Å². The highest BCUT2D eigenvalue weighted by Gasteiger charge is 2.68. The zero-order chi connectivity index (χ0) is 23.9. The Balaban J connectivity index is 1.23. The lowest BCUT2D eigenvalue weighted by atomic mass is 9.38. The summed E-state index contributed by atoms with van der Waals surface area (Å²) in [4.78, 5) is 29.4. The fourth-order valence-electron chi connectivity index (χ4n) is 5.03. The van der Waals surface area contributed by atoms with Crippen LogP contribution in [0, 0.1) is 5.41 Å². The molecule has 0 spiro atoms. The Morgan fingerprint density at radius 3 is 2.55 bits per heavy atom. The van der Waals surface area contributed by atoms with Crippen molar-refractivity contribution in [3.63, 3.8) is 0 Å². The summed E-state index contributed by atoms with van der Waals surface area (Å²) in [5, 5.41) is 13.8. The van der Waals surface area contributed by atoms with Gasteiger partial charge in [-0.05, 0) is 81.2 Å². The fraction of sp³-hybridized carbons (Fsp3) is 0.480. The Kier molecular flexibility index (Phi) is 6.47. The van der Waals surface area contributed by atoms with Gasteiger partial charge in [-0.15, -0.1) is 0 Å². The average Bonchev–Trinajstić information content (AvgIpc) is 2.70. The molecule has 0 unspecified atom stereocenters. The fourth-order valence-corrected chi connectivity index (χ4v) is 5.32. The van der Waals surface area contributed by atoms with Gasteiger partial charge >= 0.3 is 0 Å². The highest BCUT2D eigenvalue weighted by atomic mass is 35.5. The van der Waals surface area contributed by atoms with E-state index >= 15 is 0 Å². The SMILES string of the molecule is CC(C)(O)CCc1ccnc(C(=O)CC23CC(NC(=O)COc4ccc(Cl)c(Cl)c4)(C2)C3)c1. The molecule has 0 atom stereocenters. The van der Waals surface area contributed by atoms with Crippen LogP contribution in [0.3, 0.4) is 0 Å². The van der Waals surface area contributed by atoms with Crippen molar-refractivity contribution in [2.45, 2.75) is 63.5 Å². The Labute approximate surface area is 203 Å². The lowest BCUT2D eigenvalue weighted by molar-refractivity contribution is -0.164. The molecule has 33 heavy (non-hydrogen) atoms. The number of hydrogen-bond donors (Lipinski definition) is 2. The van der Waals surface area contributed by atoms with Crippen LogP contribution < -0.4 is 10.1 Å². The zero-order valence-electron chi connectivity index (χ0n) is 18.8. The normalized spacial score (nSPS) is 23.3. The lowest BCUT2D eigenvalue weighted by Gasteiger charge is -2.70. The molecule has 1 aromatic carbocycles. The van der Waals surface area contributed by atoms with Gasteiger partial charge in [0.15, 0.2) is 12.4 Å². The van der Waals surface area contributed by atoms with Gasteiger partial charge in [0.1, 0.15) is 11.4 Å². The Morgan fingerprint density at radius 1 is 1.15 bits per heavy atom. The summed E-state index contributed by atoms with van der Waals surface area (Å²) in [6.07, 6.45) is 5.78. The van der Waals surface area contributed by atoms with Gasteiger partial charge in [-0.25, -0.2) is 0 Å². The molecular weight excluding hydrogens is 463 g/mol. The number of ether oxygens (including phenoxy) is 1. The second kappa shape index (κ2) is 8.90. The lowest BCUT2D eigenvalue weighted by Crippen LogP contribution is -2.75. The van der Waals surface area contributed by atoms with E-state index in [0.717, 1.165) is 24.8 Å². The summed E-state index contributed by atoms with van der Waals surface area (Å²) in [5.41, 5.74) is 0.463. The quantitative estimate of drug-likeness (QED) is 0.467. The van der Waals surface area contributed by atoms with Crippen LogP contribution in [0.5, 0.6) is 5.75 Å². The number of ketones is 1. The number of rotatable bonds is 10. The molecule has 3 aliphatic rings. The molecule has 2 aromatic rings. The topological polar surface area (TPSA) is 88.5 Å². The molecule has 3 aliphatic carbocycles. The summed E-state index contributed by atoms with van der Waals surface area (Å²) in [7, 11) is 0. The van der Waals surface area contributed by atoms with Crippen molar-refractivity contribution in [1.29, 1.82) is 0 Å². The first-order valence-corrected chi connectivity index (χ1v) is 11.8. The number of carbonyl (C=O) groups excluding carboxylic acids is 2. The smallest absolute Gasteiger partial charge is 0.258 e. The van der Waals surface area contributed by atoms with E-state index in [9.17, 15) is 14.7 Å². The van der Waals surface area contributed by atoms with Gasteiger partial charge in [0.25, 0.3) is 5.91 Å². The number of aryl methyl sites for hydroxylation is 1. The van der Waals surface area contributed by atoms with Crippen molar-refractivity contribution in [2.24, 2.45) is 5.41 Å². The minimum Gasteiger partial charge on any atom is -0.484 e. The number of hydrogen-bond acceptors (Lipinski definition) is 5. The van der Waals surface area contributed by atoms with E-state index in [1.807, 2.05) is 12.1 Å². The number of benzene rings is 1. The van der Waals surface area contributed by atoms with Gasteiger partial charge in [-0.2, -0.15) is 0 Å². The van der Waals surface area contributed by atoms with Crippen molar-refractivity contribution in [1.82, 2.24) is 10.3 Å². The van der Waals surface area contributed by atoms with Crippen molar-refractivity contribution >= 4 is 34.9 Å². The highest BCUT2D eigenvalue weighted by Crippen LogP contribution is 2.69.